The lowest BCUT2D eigenvalue weighted by atomic mass is 10.1. The van der Waals surface area contributed by atoms with Crippen molar-refractivity contribution >= 4 is 29.2 Å². The second kappa shape index (κ2) is 7.77. The number of hydrogen-bond donors (Lipinski definition) is 2. The van der Waals surface area contributed by atoms with Crippen molar-refractivity contribution in [2.75, 3.05) is 18.5 Å². The average molecular weight is 403 g/mol. The molecule has 1 fully saturated rings. The molecule has 7 nitrogen and oxygen atoms in total. The number of H-pyrrole nitrogens is 1. The van der Waals surface area contributed by atoms with Gasteiger partial charge in [-0.3, -0.25) is 4.98 Å². The molecule has 0 spiro atoms. The van der Waals surface area contributed by atoms with Crippen LogP contribution in [0.1, 0.15) is 31.0 Å². The number of benzene rings is 1. The van der Waals surface area contributed by atoms with E-state index in [1.165, 1.54) is 0 Å². The third kappa shape index (κ3) is 3.92. The minimum atomic E-state index is -1.43. The van der Waals surface area contributed by atoms with Crippen molar-refractivity contribution in [1.29, 1.82) is 0 Å². The fraction of sp³-hybridized carbons (Fsp3) is 0.438. The van der Waals surface area contributed by atoms with Gasteiger partial charge >= 0.3 is 11.4 Å². The van der Waals surface area contributed by atoms with Gasteiger partial charge < -0.3 is 10.1 Å². The van der Waals surface area contributed by atoms with Gasteiger partial charge in [0.15, 0.2) is 0 Å². The number of aromatic nitrogens is 3. The molecule has 2 heterocycles. The van der Waals surface area contributed by atoms with Crippen LogP contribution in [0.4, 0.5) is 10.3 Å². The first-order valence-corrected chi connectivity index (χ1v) is 8.78. The topological polar surface area (TPSA) is 89.0 Å². The molecule has 1 aliphatic rings. The summed E-state index contributed by atoms with van der Waals surface area (Å²) < 4.78 is 19.8. The Morgan fingerprint density at radius 3 is 2.81 bits per heavy atom. The smallest absolute Gasteiger partial charge is 0.355 e. The number of alkyl halides is 1. The Morgan fingerprint density at radius 1 is 1.38 bits per heavy atom. The molecule has 10 heteroatoms. The predicted octanol–water partition coefficient (Wildman–Crippen LogP) is 2.71. The predicted molar refractivity (Wildman–Crippen MR) is 97.0 cm³/mol. The quantitative estimate of drug-likeness (QED) is 0.820. The molecule has 0 aliphatic carbocycles. The molecule has 1 saturated heterocycles. The zero-order valence-electron chi connectivity index (χ0n) is 13.8. The van der Waals surface area contributed by atoms with E-state index in [2.05, 4.69) is 15.3 Å². The van der Waals surface area contributed by atoms with Crippen LogP contribution in [0.2, 0.25) is 10.0 Å². The molecule has 26 heavy (non-hydrogen) atoms. The molecule has 0 radical (unpaired) electrons. The van der Waals surface area contributed by atoms with Gasteiger partial charge in [-0.05, 0) is 31.0 Å². The minimum Gasteiger partial charge on any atom is -0.378 e. The van der Waals surface area contributed by atoms with Crippen LogP contribution in [0, 0.1) is 0 Å². The lowest BCUT2D eigenvalue weighted by molar-refractivity contribution is 0.000716. The molecule has 1 aromatic carbocycles. The normalized spacial score (nSPS) is 21.4. The number of halogens is 3. The molecule has 0 unspecified atom stereocenters. The van der Waals surface area contributed by atoms with Crippen LogP contribution in [0.15, 0.2) is 27.8 Å². The second-order valence-electron chi connectivity index (χ2n) is 6.03. The maximum atomic E-state index is 14.0. The number of rotatable bonds is 4. The summed E-state index contributed by atoms with van der Waals surface area (Å²) in [5, 5.41) is 3.74. The molecule has 140 valence electrons. The summed E-state index contributed by atoms with van der Waals surface area (Å²) in [6.07, 6.45) is -1.20. The zero-order valence-corrected chi connectivity index (χ0v) is 15.4. The fourth-order valence-corrected chi connectivity index (χ4v) is 3.15. The summed E-state index contributed by atoms with van der Waals surface area (Å²) in [5.41, 5.74) is -0.741. The van der Waals surface area contributed by atoms with Crippen LogP contribution in [0.5, 0.6) is 0 Å². The van der Waals surface area contributed by atoms with Crippen molar-refractivity contribution in [3.05, 3.63) is 54.8 Å². The van der Waals surface area contributed by atoms with Crippen molar-refractivity contribution < 1.29 is 9.13 Å². The molecule has 2 aromatic rings. The summed E-state index contributed by atoms with van der Waals surface area (Å²) in [6, 6.07) is 3.91. The van der Waals surface area contributed by atoms with Crippen LogP contribution >= 0.6 is 23.2 Å². The second-order valence-corrected chi connectivity index (χ2v) is 6.84. The van der Waals surface area contributed by atoms with Crippen LogP contribution in [-0.4, -0.2) is 33.9 Å². The van der Waals surface area contributed by atoms with Crippen LogP contribution in [0.3, 0.4) is 0 Å². The van der Waals surface area contributed by atoms with E-state index in [-0.39, 0.29) is 31.6 Å². The molecule has 0 saturated carbocycles. The molecule has 3 atom stereocenters. The highest BCUT2D eigenvalue weighted by atomic mass is 35.5. The minimum absolute atomic E-state index is 0.00251. The largest absolute Gasteiger partial charge is 0.378 e. The number of nitrogens with one attached hydrogen (secondary N) is 2. The first-order chi connectivity index (χ1) is 12.4. The molecule has 3 rings (SSSR count). The van der Waals surface area contributed by atoms with E-state index < -0.39 is 23.6 Å². The van der Waals surface area contributed by atoms with Crippen molar-refractivity contribution in [3.8, 4) is 0 Å². The lowest BCUT2D eigenvalue weighted by Crippen LogP contribution is -2.46. The highest BCUT2D eigenvalue weighted by Crippen LogP contribution is 2.26. The Labute approximate surface area is 158 Å². The highest BCUT2D eigenvalue weighted by molar-refractivity contribution is 6.42. The van der Waals surface area contributed by atoms with Gasteiger partial charge in [0.25, 0.3) is 0 Å². The lowest BCUT2D eigenvalue weighted by Gasteiger charge is -2.26. The van der Waals surface area contributed by atoms with Gasteiger partial charge in [-0.15, -0.1) is 0 Å². The third-order valence-corrected chi connectivity index (χ3v) is 4.98. The number of ether oxygens (including phenoxy) is 1. The Balaban J connectivity index is 1.84. The van der Waals surface area contributed by atoms with E-state index in [1.54, 1.807) is 25.1 Å². The summed E-state index contributed by atoms with van der Waals surface area (Å²) in [5.74, 6) is -0.00251. The summed E-state index contributed by atoms with van der Waals surface area (Å²) >= 11 is 11.9. The van der Waals surface area contributed by atoms with E-state index in [0.29, 0.717) is 10.0 Å². The third-order valence-electron chi connectivity index (χ3n) is 4.24. The zero-order chi connectivity index (χ0) is 18.8. The summed E-state index contributed by atoms with van der Waals surface area (Å²) in [4.78, 5) is 30.9. The van der Waals surface area contributed by atoms with Gasteiger partial charge in [-0.1, -0.05) is 29.3 Å². The molecule has 1 aromatic heterocycles. The number of nitrogens with zero attached hydrogens (tertiary/aromatic N) is 2. The summed E-state index contributed by atoms with van der Waals surface area (Å²) in [7, 11) is 0. The Hall–Kier alpha value is -1.90. The number of aromatic amines is 1. The van der Waals surface area contributed by atoms with Gasteiger partial charge in [0, 0.05) is 6.61 Å². The average Bonchev–Trinajstić information content (AvgIpc) is 2.58. The van der Waals surface area contributed by atoms with Crippen molar-refractivity contribution in [3.63, 3.8) is 0 Å². The SMILES string of the molecule is C[C@H](Nc1nc(=O)n([C@H]2CCOC[C@H]2F)c(=O)[nH]1)c1ccc(Cl)c(Cl)c1. The Bertz CT molecular complexity index is 886. The van der Waals surface area contributed by atoms with Crippen LogP contribution in [-0.2, 0) is 4.74 Å². The first kappa shape index (κ1) is 18.9. The van der Waals surface area contributed by atoms with Gasteiger partial charge in [0.05, 0.1) is 28.7 Å². The standard InChI is InChI=1S/C16H17Cl2FN4O3/c1-8(9-2-3-10(17)11(18)6-9)20-14-21-15(24)23(16(25)22-14)13-4-5-26-7-12(13)19/h2-3,6,8,12-13H,4-5,7H2,1H3,(H2,20,21,22,24,25)/t8-,12+,13-/m0/s1. The van der Waals surface area contributed by atoms with E-state index in [0.717, 1.165) is 10.1 Å². The van der Waals surface area contributed by atoms with Crippen LogP contribution < -0.4 is 16.7 Å². The monoisotopic (exact) mass is 402 g/mol. The van der Waals surface area contributed by atoms with E-state index >= 15 is 0 Å². The Morgan fingerprint density at radius 2 is 2.15 bits per heavy atom. The van der Waals surface area contributed by atoms with E-state index in [1.807, 2.05) is 0 Å². The van der Waals surface area contributed by atoms with E-state index in [4.69, 9.17) is 27.9 Å². The maximum absolute atomic E-state index is 14.0. The molecular weight excluding hydrogens is 386 g/mol. The van der Waals surface area contributed by atoms with Gasteiger partial charge in [-0.2, -0.15) is 4.98 Å². The molecular formula is C16H17Cl2FN4O3. The van der Waals surface area contributed by atoms with E-state index in [9.17, 15) is 14.0 Å². The van der Waals surface area contributed by atoms with Crippen molar-refractivity contribution in [1.82, 2.24) is 14.5 Å². The van der Waals surface area contributed by atoms with Crippen molar-refractivity contribution in [2.24, 2.45) is 0 Å². The molecule has 0 amide bonds. The Kier molecular flexibility index (Phi) is 5.64. The highest BCUT2D eigenvalue weighted by Gasteiger charge is 2.30. The van der Waals surface area contributed by atoms with Gasteiger partial charge in [-0.25, -0.2) is 18.5 Å². The van der Waals surface area contributed by atoms with Crippen LogP contribution in [0.25, 0.3) is 0 Å². The molecule has 1 aliphatic heterocycles. The number of anilines is 1. The molecule has 2 N–H and O–H groups in total. The van der Waals surface area contributed by atoms with Gasteiger partial charge in [0.1, 0.15) is 6.17 Å². The fourth-order valence-electron chi connectivity index (χ4n) is 2.84. The number of hydrogen-bond acceptors (Lipinski definition) is 5. The van der Waals surface area contributed by atoms with Crippen molar-refractivity contribution in [2.45, 2.75) is 31.6 Å². The summed E-state index contributed by atoms with van der Waals surface area (Å²) in [6.45, 7) is 1.94. The molecule has 0 bridgehead atoms. The first-order valence-electron chi connectivity index (χ1n) is 8.03. The van der Waals surface area contributed by atoms with Gasteiger partial charge in [0.2, 0.25) is 5.95 Å². The maximum Gasteiger partial charge on any atom is 0.355 e.